The van der Waals surface area contributed by atoms with E-state index in [4.69, 9.17) is 22.1 Å². The molecular weight excluding hydrogens is 226 g/mol. The van der Waals surface area contributed by atoms with Crippen molar-refractivity contribution in [1.82, 2.24) is 0 Å². The number of benzene rings is 1. The van der Waals surface area contributed by atoms with E-state index in [0.29, 0.717) is 28.9 Å². The number of nitrogens with two attached hydrogens (primary N) is 1. The maximum Gasteiger partial charge on any atom is 0.176 e. The van der Waals surface area contributed by atoms with Crippen molar-refractivity contribution in [2.24, 2.45) is 11.7 Å². The van der Waals surface area contributed by atoms with Crippen LogP contribution < -0.4 is 10.5 Å². The van der Waals surface area contributed by atoms with Gasteiger partial charge in [0, 0.05) is 5.56 Å². The summed E-state index contributed by atoms with van der Waals surface area (Å²) in [7, 11) is 0. The lowest BCUT2D eigenvalue weighted by molar-refractivity contribution is 0.100. The summed E-state index contributed by atoms with van der Waals surface area (Å²) in [6, 6.07) is 5.01. The van der Waals surface area contributed by atoms with Crippen LogP contribution in [-0.2, 0) is 0 Å². The van der Waals surface area contributed by atoms with Crippen LogP contribution in [0.5, 0.6) is 5.75 Å². The zero-order valence-electron chi connectivity index (χ0n) is 8.91. The van der Waals surface area contributed by atoms with Crippen LogP contribution in [0.1, 0.15) is 23.2 Å². The highest BCUT2D eigenvalue weighted by Crippen LogP contribution is 2.32. The molecule has 0 spiro atoms. The predicted molar refractivity (Wildman–Crippen MR) is 63.1 cm³/mol. The summed E-state index contributed by atoms with van der Waals surface area (Å²) in [5, 5.41) is 0.536. The van der Waals surface area contributed by atoms with Crippen LogP contribution in [0.2, 0.25) is 5.02 Å². The number of carbonyl (C=O) groups is 1. The third-order valence-corrected chi connectivity index (χ3v) is 2.92. The molecule has 0 amide bonds. The van der Waals surface area contributed by atoms with Crippen molar-refractivity contribution in [2.45, 2.75) is 12.8 Å². The number of ether oxygens (including phenoxy) is 1. The van der Waals surface area contributed by atoms with Crippen molar-refractivity contribution in [1.29, 1.82) is 0 Å². The van der Waals surface area contributed by atoms with E-state index in [9.17, 15) is 4.79 Å². The Morgan fingerprint density at radius 3 is 2.88 bits per heavy atom. The second kappa shape index (κ2) is 4.85. The Hall–Kier alpha value is -1.06. The van der Waals surface area contributed by atoms with Crippen molar-refractivity contribution in [2.75, 3.05) is 13.2 Å². The molecule has 1 fully saturated rings. The average molecular weight is 240 g/mol. The van der Waals surface area contributed by atoms with Gasteiger partial charge in [-0.05, 0) is 37.0 Å². The molecule has 1 aromatic rings. The molecule has 0 aliphatic heterocycles. The van der Waals surface area contributed by atoms with Crippen molar-refractivity contribution in [3.05, 3.63) is 28.8 Å². The van der Waals surface area contributed by atoms with Crippen molar-refractivity contribution < 1.29 is 9.53 Å². The topological polar surface area (TPSA) is 52.3 Å². The van der Waals surface area contributed by atoms with Crippen LogP contribution in [0.25, 0.3) is 0 Å². The standard InChI is InChI=1S/C12H14ClNO2/c13-10-4-3-9(11(15)6-14)5-12(10)16-7-8-1-2-8/h3-5,8H,1-2,6-7,14H2. The Balaban J connectivity index is 2.11. The van der Waals surface area contributed by atoms with Gasteiger partial charge < -0.3 is 10.5 Å². The Labute approximate surface area is 99.5 Å². The third-order valence-electron chi connectivity index (χ3n) is 2.61. The number of halogens is 1. The monoisotopic (exact) mass is 239 g/mol. The van der Waals surface area contributed by atoms with Gasteiger partial charge in [-0.25, -0.2) is 0 Å². The molecule has 2 N–H and O–H groups in total. The summed E-state index contributed by atoms with van der Waals surface area (Å²) in [6.45, 7) is 0.684. The Morgan fingerprint density at radius 2 is 2.25 bits per heavy atom. The first-order valence-electron chi connectivity index (χ1n) is 5.36. The molecule has 0 bridgehead atoms. The first-order valence-corrected chi connectivity index (χ1v) is 5.74. The molecule has 86 valence electrons. The highest BCUT2D eigenvalue weighted by molar-refractivity contribution is 6.32. The molecular formula is C12H14ClNO2. The van der Waals surface area contributed by atoms with Gasteiger partial charge in [-0.2, -0.15) is 0 Å². The van der Waals surface area contributed by atoms with Gasteiger partial charge in [0.25, 0.3) is 0 Å². The lowest BCUT2D eigenvalue weighted by Crippen LogP contribution is -2.13. The fraction of sp³-hybridized carbons (Fsp3) is 0.417. The van der Waals surface area contributed by atoms with Crippen molar-refractivity contribution in [3.8, 4) is 5.75 Å². The number of Topliss-reactive ketones (excluding diaryl/α,β-unsaturated/α-hetero) is 1. The van der Waals surface area contributed by atoms with E-state index >= 15 is 0 Å². The first kappa shape index (κ1) is 11.4. The molecule has 1 aliphatic carbocycles. The maximum absolute atomic E-state index is 11.4. The van der Waals surface area contributed by atoms with Crippen molar-refractivity contribution >= 4 is 17.4 Å². The normalized spacial score (nSPS) is 14.9. The number of hydrogen-bond acceptors (Lipinski definition) is 3. The van der Waals surface area contributed by atoms with Crippen LogP contribution in [0, 0.1) is 5.92 Å². The highest BCUT2D eigenvalue weighted by Gasteiger charge is 2.22. The number of rotatable bonds is 5. The van der Waals surface area contributed by atoms with Gasteiger partial charge in [0.2, 0.25) is 0 Å². The Kier molecular flexibility index (Phi) is 3.46. The molecule has 1 aliphatic rings. The average Bonchev–Trinajstić information content (AvgIpc) is 3.11. The van der Waals surface area contributed by atoms with Crippen LogP contribution in [-0.4, -0.2) is 18.9 Å². The molecule has 2 rings (SSSR count). The molecule has 16 heavy (non-hydrogen) atoms. The largest absolute Gasteiger partial charge is 0.492 e. The molecule has 0 unspecified atom stereocenters. The fourth-order valence-corrected chi connectivity index (χ4v) is 1.57. The van der Waals surface area contributed by atoms with Gasteiger partial charge in [0.15, 0.2) is 5.78 Å². The Morgan fingerprint density at radius 1 is 1.50 bits per heavy atom. The molecule has 1 aromatic carbocycles. The van der Waals surface area contributed by atoms with E-state index in [2.05, 4.69) is 0 Å². The van der Waals surface area contributed by atoms with Crippen LogP contribution >= 0.6 is 11.6 Å². The zero-order chi connectivity index (χ0) is 11.5. The van der Waals surface area contributed by atoms with E-state index in [-0.39, 0.29) is 12.3 Å². The van der Waals surface area contributed by atoms with Crippen LogP contribution in [0.3, 0.4) is 0 Å². The van der Waals surface area contributed by atoms with Gasteiger partial charge in [0.05, 0.1) is 18.2 Å². The van der Waals surface area contributed by atoms with E-state index in [1.165, 1.54) is 12.8 Å². The second-order valence-electron chi connectivity index (χ2n) is 4.03. The van der Waals surface area contributed by atoms with Gasteiger partial charge in [-0.1, -0.05) is 11.6 Å². The molecule has 1 saturated carbocycles. The predicted octanol–water partition coefficient (Wildman–Crippen LogP) is 2.27. The number of ketones is 1. The minimum Gasteiger partial charge on any atom is -0.492 e. The summed E-state index contributed by atoms with van der Waals surface area (Å²) >= 11 is 5.98. The molecule has 0 aromatic heterocycles. The van der Waals surface area contributed by atoms with Gasteiger partial charge >= 0.3 is 0 Å². The van der Waals surface area contributed by atoms with E-state index in [0.717, 1.165) is 0 Å². The second-order valence-corrected chi connectivity index (χ2v) is 4.43. The van der Waals surface area contributed by atoms with Crippen LogP contribution in [0.4, 0.5) is 0 Å². The minimum absolute atomic E-state index is 0.00367. The van der Waals surface area contributed by atoms with E-state index in [1.807, 2.05) is 0 Å². The fourth-order valence-electron chi connectivity index (χ4n) is 1.40. The maximum atomic E-state index is 11.4. The summed E-state index contributed by atoms with van der Waals surface area (Å²) in [4.78, 5) is 11.4. The summed E-state index contributed by atoms with van der Waals surface area (Å²) in [5.74, 6) is 1.13. The van der Waals surface area contributed by atoms with E-state index in [1.54, 1.807) is 18.2 Å². The SMILES string of the molecule is NCC(=O)c1ccc(Cl)c(OCC2CC2)c1. The molecule has 0 atom stereocenters. The minimum atomic E-state index is -0.104. The lowest BCUT2D eigenvalue weighted by Gasteiger charge is -2.08. The zero-order valence-corrected chi connectivity index (χ0v) is 9.67. The smallest absolute Gasteiger partial charge is 0.176 e. The lowest BCUT2D eigenvalue weighted by atomic mass is 10.1. The molecule has 3 nitrogen and oxygen atoms in total. The number of carbonyl (C=O) groups excluding carboxylic acids is 1. The highest BCUT2D eigenvalue weighted by atomic mass is 35.5. The van der Waals surface area contributed by atoms with Gasteiger partial charge in [-0.15, -0.1) is 0 Å². The molecule has 0 saturated heterocycles. The Bertz CT molecular complexity index is 402. The van der Waals surface area contributed by atoms with Gasteiger partial charge in [-0.3, -0.25) is 4.79 Å². The van der Waals surface area contributed by atoms with E-state index < -0.39 is 0 Å². The molecule has 0 radical (unpaired) electrons. The van der Waals surface area contributed by atoms with Crippen LogP contribution in [0.15, 0.2) is 18.2 Å². The molecule has 0 heterocycles. The third kappa shape index (κ3) is 2.74. The number of hydrogen-bond donors (Lipinski definition) is 1. The van der Waals surface area contributed by atoms with Gasteiger partial charge in [0.1, 0.15) is 5.75 Å². The molecule has 4 heteroatoms. The van der Waals surface area contributed by atoms with Crippen molar-refractivity contribution in [3.63, 3.8) is 0 Å². The summed E-state index contributed by atoms with van der Waals surface area (Å²) < 4.78 is 5.57. The summed E-state index contributed by atoms with van der Waals surface area (Å²) in [5.41, 5.74) is 5.85. The summed E-state index contributed by atoms with van der Waals surface area (Å²) in [6.07, 6.45) is 2.44. The first-order chi connectivity index (χ1) is 7.70. The quantitative estimate of drug-likeness (QED) is 0.802.